The van der Waals surface area contributed by atoms with E-state index in [9.17, 15) is 9.59 Å². The van der Waals surface area contributed by atoms with Gasteiger partial charge >= 0.3 is 0 Å². The van der Waals surface area contributed by atoms with Gasteiger partial charge in [0.1, 0.15) is 0 Å². The quantitative estimate of drug-likeness (QED) is 0.795. The third-order valence-corrected chi connectivity index (χ3v) is 4.60. The molecule has 1 saturated heterocycles. The smallest absolute Gasteiger partial charge is 0.230 e. The van der Waals surface area contributed by atoms with E-state index in [1.807, 2.05) is 13.0 Å². The summed E-state index contributed by atoms with van der Waals surface area (Å²) in [7, 11) is 0. The fraction of sp³-hybridized carbons (Fsp3) is 0.667. The topological polar surface area (TPSA) is 63.4 Å². The Balaban J connectivity index is 1.71. The maximum absolute atomic E-state index is 12.3. The molecule has 0 radical (unpaired) electrons. The van der Waals surface area contributed by atoms with Gasteiger partial charge in [0.2, 0.25) is 11.8 Å². The van der Waals surface area contributed by atoms with E-state index in [-0.39, 0.29) is 23.8 Å². The Hall–Kier alpha value is -1.65. The van der Waals surface area contributed by atoms with Crippen molar-refractivity contribution >= 4 is 11.8 Å². The fourth-order valence-electron chi connectivity index (χ4n) is 3.44. The largest absolute Gasteiger partial charge is 0.359 e. The molecule has 2 fully saturated rings. The summed E-state index contributed by atoms with van der Waals surface area (Å²) in [4.78, 5) is 25.9. The zero-order valence-corrected chi connectivity index (χ0v) is 11.9. The summed E-state index contributed by atoms with van der Waals surface area (Å²) in [6, 6.07) is 1.82. The van der Waals surface area contributed by atoms with E-state index in [1.54, 1.807) is 0 Å². The van der Waals surface area contributed by atoms with Gasteiger partial charge in [-0.05, 0) is 24.7 Å². The summed E-state index contributed by atoms with van der Waals surface area (Å²) in [5.41, 5.74) is 0.810. The average molecular weight is 276 g/mol. The van der Waals surface area contributed by atoms with Crippen molar-refractivity contribution in [3.63, 3.8) is 0 Å². The predicted molar refractivity (Wildman–Crippen MR) is 71.6 cm³/mol. The highest BCUT2D eigenvalue weighted by Gasteiger charge is 2.45. The molecule has 1 saturated carbocycles. The highest BCUT2D eigenvalue weighted by molar-refractivity contribution is 5.98. The average Bonchev–Trinajstić information content (AvgIpc) is 3.03. The zero-order valence-electron chi connectivity index (χ0n) is 11.9. The molecule has 1 aromatic rings. The second-order valence-corrected chi connectivity index (χ2v) is 6.07. The van der Waals surface area contributed by atoms with Crippen LogP contribution in [0.15, 0.2) is 10.6 Å². The van der Waals surface area contributed by atoms with Gasteiger partial charge in [0.15, 0.2) is 5.76 Å². The number of aromatic nitrogens is 1. The number of rotatable bonds is 3. The standard InChI is InChI=1S/C15H20N2O3/c1-2-11-7-12(20-16-11)10-17-13(18)8-15(9-14(17)19)5-3-4-6-15/h7H,2-6,8-10H2,1H3. The van der Waals surface area contributed by atoms with Crippen LogP contribution in [-0.2, 0) is 22.6 Å². The summed E-state index contributed by atoms with van der Waals surface area (Å²) < 4.78 is 5.18. The van der Waals surface area contributed by atoms with E-state index in [2.05, 4.69) is 5.16 Å². The molecule has 2 heterocycles. The fourth-order valence-corrected chi connectivity index (χ4v) is 3.44. The lowest BCUT2D eigenvalue weighted by atomic mass is 9.76. The lowest BCUT2D eigenvalue weighted by molar-refractivity contribution is -0.154. The lowest BCUT2D eigenvalue weighted by Crippen LogP contribution is -2.46. The first-order valence-corrected chi connectivity index (χ1v) is 7.39. The zero-order chi connectivity index (χ0) is 14.2. The van der Waals surface area contributed by atoms with Crippen LogP contribution in [0.4, 0.5) is 0 Å². The summed E-state index contributed by atoms with van der Waals surface area (Å²) >= 11 is 0. The van der Waals surface area contributed by atoms with Crippen molar-refractivity contribution in [2.24, 2.45) is 5.41 Å². The Morgan fingerprint density at radius 1 is 1.25 bits per heavy atom. The number of aryl methyl sites for hydroxylation is 1. The van der Waals surface area contributed by atoms with E-state index >= 15 is 0 Å². The van der Waals surface area contributed by atoms with E-state index in [0.717, 1.165) is 37.8 Å². The molecular formula is C15H20N2O3. The minimum Gasteiger partial charge on any atom is -0.359 e. The molecule has 0 N–H and O–H groups in total. The molecule has 20 heavy (non-hydrogen) atoms. The maximum atomic E-state index is 12.3. The summed E-state index contributed by atoms with van der Waals surface area (Å²) in [5.74, 6) is 0.473. The van der Waals surface area contributed by atoms with E-state index in [0.29, 0.717) is 18.6 Å². The highest BCUT2D eigenvalue weighted by atomic mass is 16.5. The first kappa shape index (κ1) is 13.3. The van der Waals surface area contributed by atoms with Crippen LogP contribution >= 0.6 is 0 Å². The van der Waals surface area contributed by atoms with Crippen molar-refractivity contribution < 1.29 is 14.1 Å². The number of imide groups is 1. The van der Waals surface area contributed by atoms with Crippen LogP contribution in [-0.4, -0.2) is 21.9 Å². The van der Waals surface area contributed by atoms with Crippen molar-refractivity contribution in [2.75, 3.05) is 0 Å². The molecule has 1 aromatic heterocycles. The second kappa shape index (κ2) is 5.04. The SMILES string of the molecule is CCc1cc(CN2C(=O)CC3(CCCC3)CC2=O)on1. The molecule has 0 aromatic carbocycles. The Morgan fingerprint density at radius 2 is 1.90 bits per heavy atom. The van der Waals surface area contributed by atoms with Crippen molar-refractivity contribution in [1.82, 2.24) is 10.1 Å². The molecule has 1 aliphatic carbocycles. The molecule has 0 unspecified atom stereocenters. The van der Waals surface area contributed by atoms with Crippen LogP contribution in [0.25, 0.3) is 0 Å². The number of piperidine rings is 1. The number of amides is 2. The number of carbonyl (C=O) groups excluding carboxylic acids is 2. The van der Waals surface area contributed by atoms with Crippen LogP contribution in [0.2, 0.25) is 0 Å². The van der Waals surface area contributed by atoms with Gasteiger partial charge in [-0.2, -0.15) is 0 Å². The van der Waals surface area contributed by atoms with Gasteiger partial charge in [0.05, 0.1) is 12.2 Å². The molecular weight excluding hydrogens is 256 g/mol. The van der Waals surface area contributed by atoms with Gasteiger partial charge in [-0.25, -0.2) is 0 Å². The van der Waals surface area contributed by atoms with Crippen molar-refractivity contribution in [3.8, 4) is 0 Å². The number of hydrogen-bond donors (Lipinski definition) is 0. The van der Waals surface area contributed by atoms with Gasteiger partial charge in [-0.1, -0.05) is 24.9 Å². The van der Waals surface area contributed by atoms with E-state index in [1.165, 1.54) is 4.90 Å². The molecule has 1 spiro atoms. The summed E-state index contributed by atoms with van der Waals surface area (Å²) in [6.07, 6.45) is 6.11. The van der Waals surface area contributed by atoms with Crippen LogP contribution in [0.1, 0.15) is 56.9 Å². The van der Waals surface area contributed by atoms with E-state index in [4.69, 9.17) is 4.52 Å². The molecule has 3 rings (SSSR count). The van der Waals surface area contributed by atoms with Crippen LogP contribution < -0.4 is 0 Å². The third-order valence-electron chi connectivity index (χ3n) is 4.60. The predicted octanol–water partition coefficient (Wildman–Crippen LogP) is 2.45. The van der Waals surface area contributed by atoms with Crippen LogP contribution in [0.5, 0.6) is 0 Å². The van der Waals surface area contributed by atoms with Gasteiger partial charge < -0.3 is 4.52 Å². The molecule has 2 aliphatic rings. The normalized spacial score (nSPS) is 21.9. The number of carbonyl (C=O) groups is 2. The van der Waals surface area contributed by atoms with Crippen LogP contribution in [0.3, 0.4) is 0 Å². The van der Waals surface area contributed by atoms with Crippen molar-refractivity contribution in [3.05, 3.63) is 17.5 Å². The Kier molecular flexibility index (Phi) is 3.36. The van der Waals surface area contributed by atoms with Crippen molar-refractivity contribution in [2.45, 2.75) is 58.4 Å². The molecule has 5 heteroatoms. The minimum absolute atomic E-state index is 0.0410. The number of hydrogen-bond acceptors (Lipinski definition) is 4. The molecule has 2 amide bonds. The van der Waals surface area contributed by atoms with Gasteiger partial charge in [-0.3, -0.25) is 14.5 Å². The Labute approximate surface area is 118 Å². The number of likely N-dealkylation sites (tertiary alicyclic amines) is 1. The third kappa shape index (κ3) is 2.37. The van der Waals surface area contributed by atoms with Gasteiger partial charge in [0, 0.05) is 18.9 Å². The summed E-state index contributed by atoms with van der Waals surface area (Å²) in [6.45, 7) is 2.21. The van der Waals surface area contributed by atoms with E-state index < -0.39 is 0 Å². The Morgan fingerprint density at radius 3 is 2.45 bits per heavy atom. The number of nitrogens with zero attached hydrogens (tertiary/aromatic N) is 2. The van der Waals surface area contributed by atoms with Crippen LogP contribution in [0, 0.1) is 5.41 Å². The van der Waals surface area contributed by atoms with Gasteiger partial charge in [0.25, 0.3) is 0 Å². The lowest BCUT2D eigenvalue weighted by Gasteiger charge is -2.36. The molecule has 108 valence electrons. The maximum Gasteiger partial charge on any atom is 0.230 e. The molecule has 5 nitrogen and oxygen atoms in total. The molecule has 0 bridgehead atoms. The van der Waals surface area contributed by atoms with Gasteiger partial charge in [-0.15, -0.1) is 0 Å². The second-order valence-electron chi connectivity index (χ2n) is 6.07. The highest BCUT2D eigenvalue weighted by Crippen LogP contribution is 2.47. The molecule has 0 atom stereocenters. The minimum atomic E-state index is -0.0578. The Bertz CT molecular complexity index is 509. The first-order valence-electron chi connectivity index (χ1n) is 7.39. The summed E-state index contributed by atoms with van der Waals surface area (Å²) in [5, 5.41) is 3.90. The monoisotopic (exact) mass is 276 g/mol. The first-order chi connectivity index (χ1) is 9.62. The molecule has 1 aliphatic heterocycles. The van der Waals surface area contributed by atoms with Crippen molar-refractivity contribution in [1.29, 1.82) is 0 Å².